The fraction of sp³-hybridized carbons (Fsp3) is 0.600. The average molecular weight is 541 g/mol. The zero-order valence-electron chi connectivity index (χ0n) is 23.8. The predicted molar refractivity (Wildman–Crippen MR) is 150 cm³/mol. The second-order valence-corrected chi connectivity index (χ2v) is 11.1. The summed E-state index contributed by atoms with van der Waals surface area (Å²) in [5, 5.41) is 5.65. The maximum atomic E-state index is 14.1. The lowest BCUT2D eigenvalue weighted by Crippen LogP contribution is -2.55. The van der Waals surface area contributed by atoms with Crippen LogP contribution in [-0.4, -0.2) is 52.9 Å². The summed E-state index contributed by atoms with van der Waals surface area (Å²) in [7, 11) is 0. The van der Waals surface area contributed by atoms with E-state index in [1.165, 1.54) is 4.90 Å². The monoisotopic (exact) mass is 540 g/mol. The van der Waals surface area contributed by atoms with Crippen molar-refractivity contribution in [1.82, 2.24) is 15.5 Å². The van der Waals surface area contributed by atoms with Crippen LogP contribution < -0.4 is 16.4 Å². The number of terminal acetylenes is 1. The molecule has 0 aromatic heterocycles. The Morgan fingerprint density at radius 3 is 2.38 bits per heavy atom. The highest BCUT2D eigenvalue weighted by atomic mass is 16.6. The molecule has 2 unspecified atom stereocenters. The molecule has 1 aromatic carbocycles. The molecule has 0 spiro atoms. The normalized spacial score (nSPS) is 15.4. The lowest BCUT2D eigenvalue weighted by atomic mass is 9.93. The van der Waals surface area contributed by atoms with E-state index in [2.05, 4.69) is 16.6 Å². The van der Waals surface area contributed by atoms with Crippen molar-refractivity contribution in [2.45, 2.75) is 109 Å². The zero-order chi connectivity index (χ0) is 29.0. The molecule has 2 rings (SSSR count). The van der Waals surface area contributed by atoms with Crippen LogP contribution >= 0.6 is 0 Å². The van der Waals surface area contributed by atoms with E-state index in [-0.39, 0.29) is 18.5 Å². The molecule has 9 heteroatoms. The van der Waals surface area contributed by atoms with Crippen LogP contribution in [0, 0.1) is 12.3 Å². The topological polar surface area (TPSA) is 131 Å². The molecular weight excluding hydrogens is 496 g/mol. The van der Waals surface area contributed by atoms with Gasteiger partial charge < -0.3 is 26.0 Å². The van der Waals surface area contributed by atoms with E-state index in [0.717, 1.165) is 44.9 Å². The molecule has 214 valence electrons. The molecule has 4 amide bonds. The lowest BCUT2D eigenvalue weighted by molar-refractivity contribution is -0.143. The second-order valence-electron chi connectivity index (χ2n) is 11.1. The minimum absolute atomic E-state index is 0.000599. The summed E-state index contributed by atoms with van der Waals surface area (Å²) >= 11 is 0. The van der Waals surface area contributed by atoms with Crippen LogP contribution in [0.4, 0.5) is 4.79 Å². The number of amides is 4. The molecule has 0 radical (unpaired) electrons. The first-order valence-corrected chi connectivity index (χ1v) is 13.9. The molecule has 9 nitrogen and oxygen atoms in total. The van der Waals surface area contributed by atoms with Crippen LogP contribution in [0.1, 0.15) is 103 Å². The predicted octanol–water partition coefficient (Wildman–Crippen LogP) is 3.95. The first-order chi connectivity index (χ1) is 18.5. The van der Waals surface area contributed by atoms with E-state index in [4.69, 9.17) is 16.9 Å². The minimum atomic E-state index is -1.32. The van der Waals surface area contributed by atoms with Gasteiger partial charge in [-0.3, -0.25) is 14.4 Å². The maximum absolute atomic E-state index is 14.1. The summed E-state index contributed by atoms with van der Waals surface area (Å²) < 4.78 is 5.33. The summed E-state index contributed by atoms with van der Waals surface area (Å²) in [5.74, 6) is 0.912. The Balaban J connectivity index is 2.53. The molecule has 4 N–H and O–H groups in total. The van der Waals surface area contributed by atoms with Crippen LogP contribution in [0.3, 0.4) is 0 Å². The number of primary amides is 1. The molecule has 1 fully saturated rings. The van der Waals surface area contributed by atoms with Crippen molar-refractivity contribution in [3.05, 3.63) is 35.4 Å². The molecule has 1 aromatic rings. The fourth-order valence-corrected chi connectivity index (χ4v) is 4.79. The number of nitrogens with one attached hydrogen (secondary N) is 2. The van der Waals surface area contributed by atoms with Gasteiger partial charge in [0.2, 0.25) is 17.7 Å². The van der Waals surface area contributed by atoms with Crippen LogP contribution in [0.25, 0.3) is 0 Å². The quantitative estimate of drug-likeness (QED) is 0.273. The zero-order valence-corrected chi connectivity index (χ0v) is 23.8. The number of ether oxygens (including phenoxy) is 1. The smallest absolute Gasteiger partial charge is 0.408 e. The number of carbonyl (C=O) groups is 4. The Bertz CT molecular complexity index is 1040. The molecule has 39 heavy (non-hydrogen) atoms. The molecule has 0 aliphatic heterocycles. The maximum Gasteiger partial charge on any atom is 0.408 e. The average Bonchev–Trinajstić information content (AvgIpc) is 2.86. The molecule has 0 saturated heterocycles. The SMILES string of the molecule is C#Cc1ccccc1C(C(=O)NC1CCCCC1)N(CCCCC)C(=O)C(CC(N)=O)NC(=O)OC(C)(C)C. The number of nitrogens with two attached hydrogens (primary N) is 1. The lowest BCUT2D eigenvalue weighted by Gasteiger charge is -2.36. The number of unbranched alkanes of at least 4 members (excludes halogenated alkanes) is 2. The first-order valence-electron chi connectivity index (χ1n) is 13.9. The summed E-state index contributed by atoms with van der Waals surface area (Å²) in [5.41, 5.74) is 5.64. The number of nitrogens with zero attached hydrogens (tertiary/aromatic N) is 1. The number of alkyl carbamates (subject to hydrolysis) is 1. The Hall–Kier alpha value is -3.54. The van der Waals surface area contributed by atoms with Crippen LogP contribution in [-0.2, 0) is 19.1 Å². The molecule has 1 aliphatic rings. The Labute approximate surface area is 232 Å². The number of benzene rings is 1. The Morgan fingerprint density at radius 2 is 1.79 bits per heavy atom. The number of hydrogen-bond donors (Lipinski definition) is 3. The van der Waals surface area contributed by atoms with Crippen molar-refractivity contribution in [1.29, 1.82) is 0 Å². The van der Waals surface area contributed by atoms with Crippen molar-refractivity contribution in [3.63, 3.8) is 0 Å². The molecule has 0 heterocycles. The van der Waals surface area contributed by atoms with Gasteiger partial charge >= 0.3 is 6.09 Å². The molecule has 2 atom stereocenters. The van der Waals surface area contributed by atoms with Gasteiger partial charge in [-0.05, 0) is 51.7 Å². The summed E-state index contributed by atoms with van der Waals surface area (Å²) in [6.07, 6.45) is 11.7. The third-order valence-corrected chi connectivity index (χ3v) is 6.60. The van der Waals surface area contributed by atoms with E-state index in [1.54, 1.807) is 45.0 Å². The molecule has 1 aliphatic carbocycles. The van der Waals surface area contributed by atoms with Crippen LogP contribution in [0.2, 0.25) is 0 Å². The highest BCUT2D eigenvalue weighted by Crippen LogP contribution is 2.28. The van der Waals surface area contributed by atoms with Gasteiger partial charge in [0.05, 0.1) is 6.42 Å². The van der Waals surface area contributed by atoms with Gasteiger partial charge in [-0.25, -0.2) is 4.79 Å². The number of rotatable bonds is 12. The van der Waals surface area contributed by atoms with Crippen LogP contribution in [0.5, 0.6) is 0 Å². The van der Waals surface area contributed by atoms with E-state index in [9.17, 15) is 19.2 Å². The number of carbonyl (C=O) groups excluding carboxylic acids is 4. The molecular formula is C30H44N4O5. The Kier molecular flexibility index (Phi) is 12.3. The summed E-state index contributed by atoms with van der Waals surface area (Å²) in [6, 6.07) is 4.64. The van der Waals surface area contributed by atoms with Gasteiger partial charge in [-0.15, -0.1) is 6.42 Å². The third kappa shape index (κ3) is 10.3. The van der Waals surface area contributed by atoms with Crippen molar-refractivity contribution in [2.24, 2.45) is 5.73 Å². The highest BCUT2D eigenvalue weighted by molar-refractivity contribution is 5.94. The van der Waals surface area contributed by atoms with E-state index < -0.39 is 42.0 Å². The third-order valence-electron chi connectivity index (χ3n) is 6.60. The fourth-order valence-electron chi connectivity index (χ4n) is 4.79. The van der Waals surface area contributed by atoms with Crippen molar-refractivity contribution < 1.29 is 23.9 Å². The largest absolute Gasteiger partial charge is 0.444 e. The van der Waals surface area contributed by atoms with Gasteiger partial charge in [0.25, 0.3) is 0 Å². The summed E-state index contributed by atoms with van der Waals surface area (Å²) in [4.78, 5) is 54.0. The van der Waals surface area contributed by atoms with Crippen molar-refractivity contribution in [3.8, 4) is 12.3 Å². The van der Waals surface area contributed by atoms with Crippen molar-refractivity contribution >= 4 is 23.8 Å². The molecule has 0 bridgehead atoms. The van der Waals surface area contributed by atoms with Gasteiger partial charge in [-0.2, -0.15) is 0 Å². The van der Waals surface area contributed by atoms with Crippen LogP contribution in [0.15, 0.2) is 24.3 Å². The van der Waals surface area contributed by atoms with Gasteiger partial charge in [0.1, 0.15) is 17.7 Å². The second kappa shape index (κ2) is 15.2. The number of hydrogen-bond acceptors (Lipinski definition) is 5. The van der Waals surface area contributed by atoms with E-state index in [1.807, 2.05) is 6.92 Å². The highest BCUT2D eigenvalue weighted by Gasteiger charge is 2.38. The van der Waals surface area contributed by atoms with E-state index in [0.29, 0.717) is 17.5 Å². The van der Waals surface area contributed by atoms with E-state index >= 15 is 0 Å². The standard InChI is InChI=1S/C30H44N4O5/c1-6-8-14-19-34(28(37)24(20-25(31)35)33-29(38)39-30(3,4)5)26(23-18-13-12-15-21(23)7-2)27(36)32-22-16-10-9-11-17-22/h2,12-13,15,18,22,24,26H,6,8-11,14,16-17,19-20H2,1,3-5H3,(H2,31,35)(H,32,36)(H,33,38). The minimum Gasteiger partial charge on any atom is -0.444 e. The Morgan fingerprint density at radius 1 is 1.13 bits per heavy atom. The molecule has 1 saturated carbocycles. The van der Waals surface area contributed by atoms with Gasteiger partial charge in [0, 0.05) is 18.2 Å². The van der Waals surface area contributed by atoms with Crippen molar-refractivity contribution in [2.75, 3.05) is 6.54 Å². The first kappa shape index (κ1) is 31.7. The summed E-state index contributed by atoms with van der Waals surface area (Å²) in [6.45, 7) is 7.33. The van der Waals surface area contributed by atoms with Gasteiger partial charge in [0.15, 0.2) is 0 Å². The van der Waals surface area contributed by atoms with Gasteiger partial charge in [-0.1, -0.05) is 63.1 Å².